The number of nitrogens with one attached hydrogen (secondary N) is 2. The number of nitrogens with zero attached hydrogens (tertiary/aromatic N) is 2. The van der Waals surface area contributed by atoms with Crippen LogP contribution in [0, 0.1) is 0 Å². The molecule has 6 nitrogen and oxygen atoms in total. The number of amides is 1. The van der Waals surface area contributed by atoms with Crippen molar-refractivity contribution in [2.75, 3.05) is 12.3 Å². The number of H-pyrrole nitrogens is 1. The third-order valence-corrected chi connectivity index (χ3v) is 5.34. The first-order chi connectivity index (χ1) is 12.8. The number of aromatic nitrogens is 3. The predicted octanol–water partition coefficient (Wildman–Crippen LogP) is 3.62. The zero-order valence-corrected chi connectivity index (χ0v) is 15.8. The molecule has 0 unspecified atom stereocenters. The average molecular weight is 389 g/mol. The molecule has 2 heterocycles. The molecule has 1 amide bonds. The Bertz CT molecular complexity index is 791. The second kappa shape index (κ2) is 9.98. The summed E-state index contributed by atoms with van der Waals surface area (Å²) >= 11 is 3.38. The van der Waals surface area contributed by atoms with Gasteiger partial charge in [-0.1, -0.05) is 30.3 Å². The lowest BCUT2D eigenvalue weighted by Gasteiger charge is -2.06. The molecule has 0 saturated heterocycles. The monoisotopic (exact) mass is 388 g/mol. The molecule has 26 heavy (non-hydrogen) atoms. The van der Waals surface area contributed by atoms with Crippen LogP contribution in [0.25, 0.3) is 0 Å². The molecule has 2 aromatic heterocycles. The Hall–Kier alpha value is -2.32. The lowest BCUT2D eigenvalue weighted by molar-refractivity contribution is 0.140. The van der Waals surface area contributed by atoms with Gasteiger partial charge in [0.05, 0.1) is 12.1 Å². The molecule has 0 radical (unpaired) electrons. The minimum absolute atomic E-state index is 0.289. The summed E-state index contributed by atoms with van der Waals surface area (Å²) in [5.41, 5.74) is 2.04. The average Bonchev–Trinajstić information content (AvgIpc) is 3.33. The van der Waals surface area contributed by atoms with E-state index in [9.17, 15) is 4.79 Å². The van der Waals surface area contributed by atoms with Gasteiger partial charge in [0.2, 0.25) is 0 Å². The van der Waals surface area contributed by atoms with E-state index in [1.54, 1.807) is 29.3 Å². The van der Waals surface area contributed by atoms with Gasteiger partial charge >= 0.3 is 6.09 Å². The summed E-state index contributed by atoms with van der Waals surface area (Å²) in [5, 5.41) is 5.89. The number of hydrogen-bond donors (Lipinski definition) is 2. The molecule has 136 valence electrons. The van der Waals surface area contributed by atoms with E-state index in [2.05, 4.69) is 25.6 Å². The number of alkyl carbamates (subject to hydrolysis) is 1. The summed E-state index contributed by atoms with van der Waals surface area (Å²) in [4.78, 5) is 23.5. The fraction of sp³-hybridized carbons (Fsp3) is 0.278. The van der Waals surface area contributed by atoms with Crippen molar-refractivity contribution in [2.45, 2.75) is 18.8 Å². The Kier molecular flexibility index (Phi) is 7.09. The summed E-state index contributed by atoms with van der Waals surface area (Å²) in [6.45, 7) is 0.860. The molecule has 3 rings (SSSR count). The first-order valence-electron chi connectivity index (χ1n) is 8.23. The number of ether oxygens (including phenoxy) is 1. The minimum Gasteiger partial charge on any atom is -0.445 e. The van der Waals surface area contributed by atoms with Crippen LogP contribution < -0.4 is 5.32 Å². The fourth-order valence-corrected chi connectivity index (χ4v) is 3.86. The van der Waals surface area contributed by atoms with Crippen molar-refractivity contribution in [1.29, 1.82) is 0 Å². The van der Waals surface area contributed by atoms with Gasteiger partial charge in [0, 0.05) is 35.8 Å². The molecule has 3 aromatic rings. The lowest BCUT2D eigenvalue weighted by atomic mass is 10.2. The zero-order chi connectivity index (χ0) is 18.0. The van der Waals surface area contributed by atoms with Crippen molar-refractivity contribution in [3.63, 3.8) is 0 Å². The first-order valence-corrected chi connectivity index (χ1v) is 10.3. The second-order valence-electron chi connectivity index (χ2n) is 5.49. The van der Waals surface area contributed by atoms with Gasteiger partial charge in [-0.15, -0.1) is 11.3 Å². The van der Waals surface area contributed by atoms with E-state index >= 15 is 0 Å². The van der Waals surface area contributed by atoms with E-state index in [1.807, 2.05) is 36.5 Å². The molecule has 1 aromatic carbocycles. The van der Waals surface area contributed by atoms with Crippen molar-refractivity contribution in [3.8, 4) is 0 Å². The summed E-state index contributed by atoms with van der Waals surface area (Å²) < 4.78 is 5.17. The maximum atomic E-state index is 11.6. The van der Waals surface area contributed by atoms with E-state index in [-0.39, 0.29) is 12.7 Å². The molecule has 0 fully saturated rings. The van der Waals surface area contributed by atoms with Crippen LogP contribution in [0.3, 0.4) is 0 Å². The minimum atomic E-state index is -0.385. The maximum absolute atomic E-state index is 11.6. The molecule has 8 heteroatoms. The Morgan fingerprint density at radius 1 is 1.31 bits per heavy atom. The van der Waals surface area contributed by atoms with E-state index in [0.29, 0.717) is 6.54 Å². The van der Waals surface area contributed by atoms with Gasteiger partial charge in [0.25, 0.3) is 0 Å². The number of carbonyl (C=O) groups excluding carboxylic acids is 1. The molecule has 0 aliphatic heterocycles. The Balaban J connectivity index is 1.27. The summed E-state index contributed by atoms with van der Waals surface area (Å²) in [5.74, 6) is 2.57. The second-order valence-corrected chi connectivity index (χ2v) is 7.53. The molecule has 0 spiro atoms. The maximum Gasteiger partial charge on any atom is 0.407 e. The fourth-order valence-electron chi connectivity index (χ4n) is 2.21. The van der Waals surface area contributed by atoms with Crippen LogP contribution in [0.1, 0.15) is 22.1 Å². The highest BCUT2D eigenvalue weighted by Crippen LogP contribution is 2.17. The number of hydrogen-bond acceptors (Lipinski definition) is 6. The molecular weight excluding hydrogens is 368 g/mol. The number of carbonyl (C=O) groups is 1. The van der Waals surface area contributed by atoms with E-state index in [1.165, 1.54) is 0 Å². The van der Waals surface area contributed by atoms with Crippen molar-refractivity contribution >= 4 is 29.2 Å². The van der Waals surface area contributed by atoms with Crippen molar-refractivity contribution in [1.82, 2.24) is 20.3 Å². The molecule has 0 atom stereocenters. The first kappa shape index (κ1) is 18.5. The topological polar surface area (TPSA) is 79.9 Å². The largest absolute Gasteiger partial charge is 0.445 e. The number of benzene rings is 1. The number of aromatic amines is 1. The third-order valence-electron chi connectivity index (χ3n) is 3.45. The summed E-state index contributed by atoms with van der Waals surface area (Å²) in [7, 11) is 0. The molecule has 0 aliphatic carbocycles. The lowest BCUT2D eigenvalue weighted by Crippen LogP contribution is -2.26. The van der Waals surface area contributed by atoms with Gasteiger partial charge in [-0.2, -0.15) is 11.8 Å². The van der Waals surface area contributed by atoms with Crippen LogP contribution in [-0.4, -0.2) is 33.3 Å². The smallest absolute Gasteiger partial charge is 0.407 e. The van der Waals surface area contributed by atoms with Crippen molar-refractivity contribution in [3.05, 3.63) is 70.2 Å². The number of thioether (sulfide) groups is 1. The number of imidazole rings is 1. The molecule has 0 aliphatic rings. The molecule has 0 saturated carbocycles. The summed E-state index contributed by atoms with van der Waals surface area (Å²) in [6.07, 6.45) is 3.91. The highest BCUT2D eigenvalue weighted by Gasteiger charge is 2.06. The van der Waals surface area contributed by atoms with E-state index in [4.69, 9.17) is 4.74 Å². The van der Waals surface area contributed by atoms with E-state index < -0.39 is 0 Å². The third kappa shape index (κ3) is 6.20. The normalized spacial score (nSPS) is 10.6. The molecular formula is C18H20N4O2S2. The summed E-state index contributed by atoms with van der Waals surface area (Å²) in [6, 6.07) is 9.63. The predicted molar refractivity (Wildman–Crippen MR) is 104 cm³/mol. The van der Waals surface area contributed by atoms with Gasteiger partial charge < -0.3 is 15.0 Å². The quantitative estimate of drug-likeness (QED) is 0.547. The Morgan fingerprint density at radius 2 is 2.19 bits per heavy atom. The highest BCUT2D eigenvalue weighted by molar-refractivity contribution is 7.98. The SMILES string of the molecule is O=C(NCCSCc1csc(Cc2ncc[nH]2)n1)OCc1ccccc1. The van der Waals surface area contributed by atoms with Crippen LogP contribution >= 0.6 is 23.1 Å². The van der Waals surface area contributed by atoms with Crippen LogP contribution in [0.5, 0.6) is 0 Å². The number of thiazole rings is 1. The van der Waals surface area contributed by atoms with Gasteiger partial charge in [-0.3, -0.25) is 0 Å². The molecule has 0 bridgehead atoms. The van der Waals surface area contributed by atoms with Crippen LogP contribution in [-0.2, 0) is 23.5 Å². The van der Waals surface area contributed by atoms with Crippen LogP contribution in [0.2, 0.25) is 0 Å². The van der Waals surface area contributed by atoms with Crippen LogP contribution in [0.4, 0.5) is 4.79 Å². The van der Waals surface area contributed by atoms with Gasteiger partial charge in [0.15, 0.2) is 0 Å². The zero-order valence-electron chi connectivity index (χ0n) is 14.2. The molecule has 2 N–H and O–H groups in total. The van der Waals surface area contributed by atoms with Crippen LogP contribution in [0.15, 0.2) is 48.1 Å². The Morgan fingerprint density at radius 3 is 3.00 bits per heavy atom. The number of rotatable bonds is 9. The van der Waals surface area contributed by atoms with Gasteiger partial charge in [-0.25, -0.2) is 14.8 Å². The van der Waals surface area contributed by atoms with E-state index in [0.717, 1.165) is 40.0 Å². The van der Waals surface area contributed by atoms with Crippen molar-refractivity contribution < 1.29 is 9.53 Å². The Labute approximate surface area is 160 Å². The standard InChI is InChI=1S/C18H20N4O2S2/c23-18(24-11-14-4-2-1-3-5-14)21-8-9-25-12-15-13-26-17(22-15)10-16-19-6-7-20-16/h1-7,13H,8-12H2,(H,19,20)(H,21,23). The van der Waals surface area contributed by atoms with Gasteiger partial charge in [-0.05, 0) is 5.56 Å². The van der Waals surface area contributed by atoms with Gasteiger partial charge in [0.1, 0.15) is 17.4 Å². The highest BCUT2D eigenvalue weighted by atomic mass is 32.2. The van der Waals surface area contributed by atoms with Crippen molar-refractivity contribution in [2.24, 2.45) is 0 Å².